The molecule has 21 heavy (non-hydrogen) atoms. The van der Waals surface area contributed by atoms with E-state index in [9.17, 15) is 8.42 Å². The fourth-order valence-electron chi connectivity index (χ4n) is 2.14. The Hall–Kier alpha value is -0.980. The van der Waals surface area contributed by atoms with Crippen LogP contribution in [0, 0.1) is 5.92 Å². The second kappa shape index (κ2) is 7.87. The standard InChI is InChI=1S/C15H24N2O2S2/c1-4-11(2)9-12(3)17-21(18,19)14-7-5-13(6-8-14)10-15(16)20/h5-8,11-12,17H,4,9-10H2,1-3H3,(H2,16,20). The Morgan fingerprint density at radius 2 is 1.86 bits per heavy atom. The van der Waals surface area contributed by atoms with Crippen LogP contribution in [0.25, 0.3) is 0 Å². The molecule has 1 aromatic rings. The summed E-state index contributed by atoms with van der Waals surface area (Å²) in [5.41, 5.74) is 6.39. The first-order valence-electron chi connectivity index (χ1n) is 7.14. The molecule has 0 aliphatic heterocycles. The fourth-order valence-corrected chi connectivity index (χ4v) is 3.56. The van der Waals surface area contributed by atoms with Crippen LogP contribution in [0.5, 0.6) is 0 Å². The van der Waals surface area contributed by atoms with Crippen molar-refractivity contribution in [3.05, 3.63) is 29.8 Å². The van der Waals surface area contributed by atoms with Gasteiger partial charge in [-0.05, 0) is 37.0 Å². The summed E-state index contributed by atoms with van der Waals surface area (Å²) in [6.07, 6.45) is 2.35. The molecule has 2 unspecified atom stereocenters. The lowest BCUT2D eigenvalue weighted by Gasteiger charge is -2.17. The third kappa shape index (κ3) is 6.11. The SMILES string of the molecule is CCC(C)CC(C)NS(=O)(=O)c1ccc(CC(N)=S)cc1. The smallest absolute Gasteiger partial charge is 0.240 e. The first kappa shape index (κ1) is 18.1. The molecule has 0 amide bonds. The van der Waals surface area contributed by atoms with Gasteiger partial charge in [0.25, 0.3) is 0 Å². The molecule has 0 fully saturated rings. The molecule has 1 aromatic carbocycles. The van der Waals surface area contributed by atoms with Crippen LogP contribution in [-0.2, 0) is 16.4 Å². The molecule has 2 atom stereocenters. The minimum Gasteiger partial charge on any atom is -0.393 e. The number of sulfonamides is 1. The van der Waals surface area contributed by atoms with Crippen molar-refractivity contribution in [3.8, 4) is 0 Å². The maximum atomic E-state index is 12.3. The molecule has 0 heterocycles. The van der Waals surface area contributed by atoms with E-state index in [-0.39, 0.29) is 10.9 Å². The predicted octanol–water partition coefficient (Wildman–Crippen LogP) is 2.62. The molecule has 3 N–H and O–H groups in total. The highest BCUT2D eigenvalue weighted by molar-refractivity contribution is 7.89. The highest BCUT2D eigenvalue weighted by Gasteiger charge is 2.18. The summed E-state index contributed by atoms with van der Waals surface area (Å²) in [6.45, 7) is 6.12. The maximum absolute atomic E-state index is 12.3. The highest BCUT2D eigenvalue weighted by atomic mass is 32.2. The molecule has 4 nitrogen and oxygen atoms in total. The number of nitrogens with two attached hydrogens (primary N) is 1. The maximum Gasteiger partial charge on any atom is 0.240 e. The monoisotopic (exact) mass is 328 g/mol. The summed E-state index contributed by atoms with van der Waals surface area (Å²) in [7, 11) is -3.47. The van der Waals surface area contributed by atoms with Crippen molar-refractivity contribution < 1.29 is 8.42 Å². The average molecular weight is 329 g/mol. The van der Waals surface area contributed by atoms with Crippen LogP contribution < -0.4 is 10.5 Å². The van der Waals surface area contributed by atoms with E-state index in [2.05, 4.69) is 18.6 Å². The zero-order valence-corrected chi connectivity index (χ0v) is 14.4. The van der Waals surface area contributed by atoms with Gasteiger partial charge in [0.2, 0.25) is 10.0 Å². The number of hydrogen-bond donors (Lipinski definition) is 2. The molecular formula is C15H24N2O2S2. The lowest BCUT2D eigenvalue weighted by atomic mass is 10.0. The summed E-state index contributed by atoms with van der Waals surface area (Å²) in [4.78, 5) is 0.663. The van der Waals surface area contributed by atoms with Gasteiger partial charge in [-0.1, -0.05) is 44.6 Å². The highest BCUT2D eigenvalue weighted by Crippen LogP contribution is 2.15. The fraction of sp³-hybridized carbons (Fsp3) is 0.533. The van der Waals surface area contributed by atoms with Gasteiger partial charge in [-0.25, -0.2) is 13.1 Å². The zero-order valence-electron chi connectivity index (χ0n) is 12.8. The van der Waals surface area contributed by atoms with E-state index in [4.69, 9.17) is 18.0 Å². The largest absolute Gasteiger partial charge is 0.393 e. The van der Waals surface area contributed by atoms with Crippen LogP contribution in [-0.4, -0.2) is 19.4 Å². The summed E-state index contributed by atoms with van der Waals surface area (Å²) >= 11 is 4.84. The summed E-state index contributed by atoms with van der Waals surface area (Å²) in [6, 6.07) is 6.58. The molecule has 0 bridgehead atoms. The van der Waals surface area contributed by atoms with E-state index in [1.54, 1.807) is 24.3 Å². The van der Waals surface area contributed by atoms with Gasteiger partial charge < -0.3 is 5.73 Å². The molecule has 6 heteroatoms. The van der Waals surface area contributed by atoms with Crippen LogP contribution >= 0.6 is 12.2 Å². The van der Waals surface area contributed by atoms with Gasteiger partial charge in [-0.2, -0.15) is 0 Å². The quantitative estimate of drug-likeness (QED) is 0.720. The Kier molecular flexibility index (Phi) is 6.77. The van der Waals surface area contributed by atoms with E-state index in [1.807, 2.05) is 6.92 Å². The average Bonchev–Trinajstić information content (AvgIpc) is 2.37. The van der Waals surface area contributed by atoms with Gasteiger partial charge in [-0.3, -0.25) is 0 Å². The Bertz CT molecular complexity index is 568. The van der Waals surface area contributed by atoms with Crippen LogP contribution in [0.3, 0.4) is 0 Å². The van der Waals surface area contributed by atoms with E-state index in [0.717, 1.165) is 18.4 Å². The number of rotatable bonds is 8. The summed E-state index contributed by atoms with van der Waals surface area (Å²) in [5, 5.41) is 0. The Morgan fingerprint density at radius 1 is 1.29 bits per heavy atom. The Labute approximate surface area is 133 Å². The van der Waals surface area contributed by atoms with E-state index in [0.29, 0.717) is 17.3 Å². The molecule has 0 saturated carbocycles. The second-order valence-electron chi connectivity index (χ2n) is 5.56. The molecule has 0 spiro atoms. The molecular weight excluding hydrogens is 304 g/mol. The van der Waals surface area contributed by atoms with Gasteiger partial charge in [0.1, 0.15) is 0 Å². The summed E-state index contributed by atoms with van der Waals surface area (Å²) in [5.74, 6) is 0.496. The normalized spacial score (nSPS) is 14.6. The van der Waals surface area contributed by atoms with Gasteiger partial charge in [0, 0.05) is 12.5 Å². The lowest BCUT2D eigenvalue weighted by molar-refractivity contribution is 0.445. The predicted molar refractivity (Wildman–Crippen MR) is 90.8 cm³/mol. The number of thiocarbonyl (C=S) groups is 1. The van der Waals surface area contributed by atoms with Crippen LogP contribution in [0.15, 0.2) is 29.2 Å². The van der Waals surface area contributed by atoms with Crippen LogP contribution in [0.2, 0.25) is 0 Å². The number of nitrogens with one attached hydrogen (secondary N) is 1. The Morgan fingerprint density at radius 3 is 2.33 bits per heavy atom. The van der Waals surface area contributed by atoms with Crippen molar-refractivity contribution >= 4 is 27.2 Å². The zero-order chi connectivity index (χ0) is 16.0. The minimum absolute atomic E-state index is 0.0822. The topological polar surface area (TPSA) is 72.2 Å². The van der Waals surface area contributed by atoms with Crippen LogP contribution in [0.4, 0.5) is 0 Å². The van der Waals surface area contributed by atoms with Gasteiger partial charge in [0.05, 0.1) is 9.88 Å². The van der Waals surface area contributed by atoms with Gasteiger partial charge in [0.15, 0.2) is 0 Å². The second-order valence-corrected chi connectivity index (χ2v) is 7.80. The van der Waals surface area contributed by atoms with Crippen molar-refractivity contribution in [2.24, 2.45) is 11.7 Å². The molecule has 0 saturated heterocycles. The molecule has 0 aliphatic carbocycles. The van der Waals surface area contributed by atoms with Crippen molar-refractivity contribution in [1.29, 1.82) is 0 Å². The van der Waals surface area contributed by atoms with Crippen LogP contribution in [0.1, 0.15) is 39.2 Å². The van der Waals surface area contributed by atoms with E-state index >= 15 is 0 Å². The lowest BCUT2D eigenvalue weighted by Crippen LogP contribution is -2.33. The first-order chi connectivity index (χ1) is 9.74. The first-order valence-corrected chi connectivity index (χ1v) is 9.03. The molecule has 118 valence electrons. The van der Waals surface area contributed by atoms with Crippen molar-refractivity contribution in [2.75, 3.05) is 0 Å². The number of benzene rings is 1. The minimum atomic E-state index is -3.47. The Balaban J connectivity index is 2.76. The number of hydrogen-bond acceptors (Lipinski definition) is 3. The molecule has 1 rings (SSSR count). The van der Waals surface area contributed by atoms with E-state index in [1.165, 1.54) is 0 Å². The van der Waals surface area contributed by atoms with Crippen molar-refractivity contribution in [3.63, 3.8) is 0 Å². The third-order valence-corrected chi connectivity index (χ3v) is 5.17. The van der Waals surface area contributed by atoms with Crippen molar-refractivity contribution in [2.45, 2.75) is 51.0 Å². The van der Waals surface area contributed by atoms with Gasteiger partial charge >= 0.3 is 0 Å². The molecule has 0 radical (unpaired) electrons. The summed E-state index contributed by atoms with van der Waals surface area (Å²) < 4.78 is 27.3. The third-order valence-electron chi connectivity index (χ3n) is 3.42. The van der Waals surface area contributed by atoms with Crippen molar-refractivity contribution in [1.82, 2.24) is 4.72 Å². The molecule has 0 aromatic heterocycles. The molecule has 0 aliphatic rings. The van der Waals surface area contributed by atoms with E-state index < -0.39 is 10.0 Å². The van der Waals surface area contributed by atoms with Gasteiger partial charge in [-0.15, -0.1) is 0 Å².